The quantitative estimate of drug-likeness (QED) is 0.890. The molecular formula is C12H14Cl2F3NO. The number of benzene rings is 1. The summed E-state index contributed by atoms with van der Waals surface area (Å²) >= 11 is 5.75. The van der Waals surface area contributed by atoms with Crippen molar-refractivity contribution in [2.75, 3.05) is 0 Å². The van der Waals surface area contributed by atoms with Crippen LogP contribution in [0.1, 0.15) is 30.9 Å². The Balaban J connectivity index is 0.00000180. The van der Waals surface area contributed by atoms with Crippen molar-refractivity contribution in [2.24, 2.45) is 11.7 Å². The number of alkyl halides is 3. The lowest BCUT2D eigenvalue weighted by Gasteiger charge is -2.14. The van der Waals surface area contributed by atoms with Gasteiger partial charge in [0, 0.05) is 6.04 Å². The zero-order valence-corrected chi connectivity index (χ0v) is 11.5. The van der Waals surface area contributed by atoms with Crippen LogP contribution < -0.4 is 10.5 Å². The van der Waals surface area contributed by atoms with Crippen molar-refractivity contribution in [1.29, 1.82) is 0 Å². The maximum absolute atomic E-state index is 12.1. The molecule has 2 rings (SSSR count). The smallest absolute Gasteiger partial charge is 0.404 e. The molecule has 1 saturated carbocycles. The minimum Gasteiger partial charge on any atom is -0.404 e. The minimum absolute atomic E-state index is 0. The van der Waals surface area contributed by atoms with Crippen LogP contribution in [0.2, 0.25) is 5.02 Å². The Morgan fingerprint density at radius 1 is 1.37 bits per heavy atom. The molecule has 0 amide bonds. The van der Waals surface area contributed by atoms with Crippen molar-refractivity contribution in [1.82, 2.24) is 0 Å². The first-order chi connectivity index (χ1) is 8.35. The zero-order chi connectivity index (χ0) is 13.3. The second-order valence-corrected chi connectivity index (χ2v) is 4.93. The van der Waals surface area contributed by atoms with E-state index in [0.717, 1.165) is 12.0 Å². The Morgan fingerprint density at radius 3 is 2.47 bits per heavy atom. The lowest BCUT2D eigenvalue weighted by atomic mass is 10.0. The topological polar surface area (TPSA) is 35.2 Å². The molecule has 2 nitrogen and oxygen atoms in total. The number of ether oxygens (including phenoxy) is 1. The molecule has 0 aliphatic heterocycles. The van der Waals surface area contributed by atoms with Gasteiger partial charge < -0.3 is 10.5 Å². The zero-order valence-electron chi connectivity index (χ0n) is 9.91. The van der Waals surface area contributed by atoms with E-state index >= 15 is 0 Å². The van der Waals surface area contributed by atoms with Gasteiger partial charge in [0.05, 0.1) is 5.02 Å². The molecule has 0 aromatic heterocycles. The lowest BCUT2D eigenvalue weighted by molar-refractivity contribution is -0.274. The van der Waals surface area contributed by atoms with Gasteiger partial charge in [-0.2, -0.15) is 0 Å². The first kappa shape index (κ1) is 16.4. The van der Waals surface area contributed by atoms with Gasteiger partial charge in [0.25, 0.3) is 0 Å². The van der Waals surface area contributed by atoms with E-state index in [1.54, 1.807) is 0 Å². The molecule has 0 bridgehead atoms. The van der Waals surface area contributed by atoms with Crippen LogP contribution in [0.4, 0.5) is 13.2 Å². The summed E-state index contributed by atoms with van der Waals surface area (Å²) in [5, 5.41) is -0.0731. The first-order valence-corrected chi connectivity index (χ1v) is 6.04. The molecule has 1 fully saturated rings. The monoisotopic (exact) mass is 315 g/mol. The molecule has 1 atom stereocenters. The number of halogens is 5. The third kappa shape index (κ3) is 5.09. The molecule has 1 aromatic carbocycles. The molecule has 0 radical (unpaired) electrons. The van der Waals surface area contributed by atoms with E-state index in [4.69, 9.17) is 17.3 Å². The fourth-order valence-electron chi connectivity index (χ4n) is 1.80. The van der Waals surface area contributed by atoms with Gasteiger partial charge in [0.1, 0.15) is 5.75 Å². The highest BCUT2D eigenvalue weighted by atomic mass is 35.5. The van der Waals surface area contributed by atoms with Gasteiger partial charge in [-0.1, -0.05) is 30.5 Å². The highest BCUT2D eigenvalue weighted by Crippen LogP contribution is 2.38. The molecule has 7 heteroatoms. The van der Waals surface area contributed by atoms with Crippen LogP contribution in [0.3, 0.4) is 0 Å². The van der Waals surface area contributed by atoms with Crippen LogP contribution in [0.15, 0.2) is 18.2 Å². The normalized spacial score (nSPS) is 16.7. The maximum Gasteiger partial charge on any atom is 0.573 e. The highest BCUT2D eigenvalue weighted by Gasteiger charge is 2.32. The predicted molar refractivity (Wildman–Crippen MR) is 69.7 cm³/mol. The molecule has 19 heavy (non-hydrogen) atoms. The van der Waals surface area contributed by atoms with Crippen molar-refractivity contribution in [3.8, 4) is 5.75 Å². The summed E-state index contributed by atoms with van der Waals surface area (Å²) in [6.45, 7) is 0. The van der Waals surface area contributed by atoms with Gasteiger partial charge in [-0.15, -0.1) is 25.6 Å². The van der Waals surface area contributed by atoms with Crippen molar-refractivity contribution in [3.05, 3.63) is 28.8 Å². The van der Waals surface area contributed by atoms with Crippen molar-refractivity contribution >= 4 is 24.0 Å². The Bertz CT molecular complexity index is 435. The maximum atomic E-state index is 12.1. The number of rotatable bonds is 4. The number of hydrogen-bond acceptors (Lipinski definition) is 2. The summed E-state index contributed by atoms with van der Waals surface area (Å²) in [5.74, 6) is 0.247. The summed E-state index contributed by atoms with van der Waals surface area (Å²) in [5.41, 5.74) is 6.70. The number of nitrogens with two attached hydrogens (primary N) is 1. The third-order valence-corrected chi connectivity index (χ3v) is 3.19. The van der Waals surface area contributed by atoms with Crippen LogP contribution in [0.25, 0.3) is 0 Å². The second-order valence-electron chi connectivity index (χ2n) is 4.52. The molecule has 0 spiro atoms. The highest BCUT2D eigenvalue weighted by molar-refractivity contribution is 6.32. The van der Waals surface area contributed by atoms with Crippen LogP contribution >= 0.6 is 24.0 Å². The van der Waals surface area contributed by atoms with Gasteiger partial charge in [-0.05, 0) is 30.0 Å². The molecule has 1 aliphatic carbocycles. The standard InChI is InChI=1S/C12H13ClF3NO.ClH/c13-9-6-8(10(17)5-7-1-2-7)3-4-11(9)18-12(14,15)16;/h3-4,6-7,10H,1-2,5,17H2;1H/t10-;/m0./s1. The molecule has 0 heterocycles. The summed E-state index contributed by atoms with van der Waals surface area (Å²) in [4.78, 5) is 0. The van der Waals surface area contributed by atoms with Crippen LogP contribution in [0.5, 0.6) is 5.75 Å². The van der Waals surface area contributed by atoms with E-state index < -0.39 is 12.1 Å². The molecular weight excluding hydrogens is 302 g/mol. The van der Waals surface area contributed by atoms with Gasteiger partial charge >= 0.3 is 6.36 Å². The molecule has 108 valence electrons. The van der Waals surface area contributed by atoms with E-state index in [2.05, 4.69) is 4.74 Å². The molecule has 2 N–H and O–H groups in total. The fourth-order valence-corrected chi connectivity index (χ4v) is 2.03. The summed E-state index contributed by atoms with van der Waals surface area (Å²) in [6.07, 6.45) is -1.54. The lowest BCUT2D eigenvalue weighted by Crippen LogP contribution is -2.17. The van der Waals surface area contributed by atoms with Gasteiger partial charge in [-0.25, -0.2) is 0 Å². The van der Waals surface area contributed by atoms with Crippen LogP contribution in [-0.4, -0.2) is 6.36 Å². The van der Waals surface area contributed by atoms with E-state index in [0.29, 0.717) is 5.92 Å². The molecule has 0 unspecified atom stereocenters. The van der Waals surface area contributed by atoms with Crippen molar-refractivity contribution in [3.63, 3.8) is 0 Å². The Hall–Kier alpha value is -0.650. The predicted octanol–water partition coefficient (Wildman–Crippen LogP) is 4.46. The third-order valence-electron chi connectivity index (χ3n) is 2.89. The molecule has 1 aliphatic rings. The Kier molecular flexibility index (Phi) is 5.35. The minimum atomic E-state index is -4.73. The average molecular weight is 316 g/mol. The first-order valence-electron chi connectivity index (χ1n) is 5.66. The van der Waals surface area contributed by atoms with Crippen molar-refractivity contribution in [2.45, 2.75) is 31.7 Å². The summed E-state index contributed by atoms with van der Waals surface area (Å²) in [7, 11) is 0. The van der Waals surface area contributed by atoms with Crippen molar-refractivity contribution < 1.29 is 17.9 Å². The van der Waals surface area contributed by atoms with E-state index in [1.807, 2.05) is 0 Å². The van der Waals surface area contributed by atoms with E-state index in [-0.39, 0.29) is 23.5 Å². The van der Waals surface area contributed by atoms with Crippen LogP contribution in [-0.2, 0) is 0 Å². The molecule has 1 aromatic rings. The summed E-state index contributed by atoms with van der Waals surface area (Å²) in [6, 6.07) is 3.99. The largest absolute Gasteiger partial charge is 0.573 e. The van der Waals surface area contributed by atoms with E-state index in [9.17, 15) is 13.2 Å². The SMILES string of the molecule is Cl.N[C@@H](CC1CC1)c1ccc(OC(F)(F)F)c(Cl)c1. The Morgan fingerprint density at radius 2 is 2.00 bits per heavy atom. The van der Waals surface area contributed by atoms with Crippen LogP contribution in [0, 0.1) is 5.92 Å². The summed E-state index contributed by atoms with van der Waals surface area (Å²) < 4.78 is 40.0. The second kappa shape index (κ2) is 6.20. The average Bonchev–Trinajstić information content (AvgIpc) is 3.03. The van der Waals surface area contributed by atoms with Gasteiger partial charge in [0.2, 0.25) is 0 Å². The fraction of sp³-hybridized carbons (Fsp3) is 0.500. The molecule has 0 saturated heterocycles. The van der Waals surface area contributed by atoms with Gasteiger partial charge in [0.15, 0.2) is 0 Å². The van der Waals surface area contributed by atoms with E-state index in [1.165, 1.54) is 31.0 Å². The van der Waals surface area contributed by atoms with Gasteiger partial charge in [-0.3, -0.25) is 0 Å². The Labute approximate surface area is 120 Å². The number of hydrogen-bond donors (Lipinski definition) is 1.